The van der Waals surface area contributed by atoms with E-state index in [9.17, 15) is 15.0 Å². The molecule has 5 aliphatic rings. The van der Waals surface area contributed by atoms with Crippen LogP contribution >= 0.6 is 0 Å². The molecule has 0 radical (unpaired) electrons. The van der Waals surface area contributed by atoms with Crippen LogP contribution in [0.1, 0.15) is 45.4 Å². The molecule has 1 aliphatic heterocycles. The van der Waals surface area contributed by atoms with E-state index in [1.54, 1.807) is 0 Å². The molecule has 4 unspecified atom stereocenters. The number of aliphatic hydroxyl groups is 2. The van der Waals surface area contributed by atoms with Gasteiger partial charge in [-0.15, -0.1) is 6.58 Å². The first-order valence-electron chi connectivity index (χ1n) is 9.84. The Morgan fingerprint density at radius 1 is 1.28 bits per heavy atom. The molecule has 9 atom stereocenters. The molecule has 3 saturated carbocycles. The molecule has 0 aromatic carbocycles. The Bertz CT molecular complexity index is 669. The molecule has 136 valence electrons. The molecule has 5 rings (SSSR count). The molecule has 1 heterocycles. The number of hydrogen-bond donors (Lipinski definition) is 2. The summed E-state index contributed by atoms with van der Waals surface area (Å²) in [5, 5.41) is 20.9. The summed E-state index contributed by atoms with van der Waals surface area (Å²) in [6.45, 7) is 6.48. The number of aliphatic hydroxyl groups excluding tert-OH is 2. The molecule has 2 N–H and O–H groups in total. The number of allylic oxidation sites excluding steroid dienone is 2. The fourth-order valence-corrected chi connectivity index (χ4v) is 7.50. The van der Waals surface area contributed by atoms with E-state index >= 15 is 0 Å². The molecular formula is C21H28O4. The van der Waals surface area contributed by atoms with Gasteiger partial charge in [0.2, 0.25) is 0 Å². The van der Waals surface area contributed by atoms with Crippen LogP contribution in [0.25, 0.3) is 0 Å². The van der Waals surface area contributed by atoms with Crippen LogP contribution in [-0.4, -0.2) is 34.5 Å². The molecule has 0 aromatic rings. The Morgan fingerprint density at radius 3 is 2.84 bits per heavy atom. The van der Waals surface area contributed by atoms with E-state index in [1.807, 2.05) is 0 Å². The fraction of sp³-hybridized carbons (Fsp3) is 0.762. The van der Waals surface area contributed by atoms with Crippen LogP contribution in [0.2, 0.25) is 0 Å². The van der Waals surface area contributed by atoms with Gasteiger partial charge in [0, 0.05) is 6.42 Å². The third-order valence-corrected chi connectivity index (χ3v) is 8.72. The van der Waals surface area contributed by atoms with Crippen molar-refractivity contribution in [2.45, 2.75) is 63.8 Å². The Hall–Kier alpha value is -1.13. The predicted molar refractivity (Wildman–Crippen MR) is 92.4 cm³/mol. The van der Waals surface area contributed by atoms with Crippen molar-refractivity contribution >= 4 is 5.97 Å². The maximum absolute atomic E-state index is 12.9. The van der Waals surface area contributed by atoms with Gasteiger partial charge in [0.1, 0.15) is 18.3 Å². The molecule has 4 heteroatoms. The smallest absolute Gasteiger partial charge is 0.317 e. The summed E-state index contributed by atoms with van der Waals surface area (Å²) in [5.74, 6) is 1.70. The lowest BCUT2D eigenvalue weighted by atomic mass is 9.47. The Morgan fingerprint density at radius 2 is 2.08 bits per heavy atom. The van der Waals surface area contributed by atoms with Gasteiger partial charge in [-0.25, -0.2) is 0 Å². The highest BCUT2D eigenvalue weighted by Crippen LogP contribution is 2.68. The van der Waals surface area contributed by atoms with Gasteiger partial charge in [0.15, 0.2) is 0 Å². The second-order valence-electron chi connectivity index (χ2n) is 9.29. The van der Waals surface area contributed by atoms with Crippen molar-refractivity contribution in [3.63, 3.8) is 0 Å². The Balaban J connectivity index is 1.58. The van der Waals surface area contributed by atoms with E-state index < -0.39 is 23.7 Å². The van der Waals surface area contributed by atoms with Crippen LogP contribution in [0.15, 0.2) is 24.3 Å². The van der Waals surface area contributed by atoms with E-state index in [0.717, 1.165) is 24.8 Å². The third kappa shape index (κ3) is 1.73. The summed E-state index contributed by atoms with van der Waals surface area (Å²) >= 11 is 0. The first-order valence-corrected chi connectivity index (χ1v) is 9.84. The molecule has 4 fully saturated rings. The van der Waals surface area contributed by atoms with E-state index in [2.05, 4.69) is 25.7 Å². The number of rotatable bonds is 1. The van der Waals surface area contributed by atoms with Gasteiger partial charge in [-0.1, -0.05) is 19.1 Å². The summed E-state index contributed by atoms with van der Waals surface area (Å²) in [7, 11) is 0. The van der Waals surface area contributed by atoms with Crippen molar-refractivity contribution in [1.29, 1.82) is 0 Å². The third-order valence-electron chi connectivity index (χ3n) is 8.72. The summed E-state index contributed by atoms with van der Waals surface area (Å²) in [6.07, 6.45) is 7.72. The molecule has 1 spiro atoms. The summed E-state index contributed by atoms with van der Waals surface area (Å²) < 4.78 is 5.55. The van der Waals surface area contributed by atoms with Gasteiger partial charge >= 0.3 is 5.97 Å². The van der Waals surface area contributed by atoms with E-state index in [0.29, 0.717) is 29.6 Å². The molecule has 0 aromatic heterocycles. The van der Waals surface area contributed by atoms with Crippen LogP contribution in [0.3, 0.4) is 0 Å². The van der Waals surface area contributed by atoms with Gasteiger partial charge in [-0.05, 0) is 66.8 Å². The standard InChI is InChI=1S/C21H28O4/c1-3-11-4-6-13-12-5-7-15-17(22)18(23)16-10-21(15,19(24)25-16)14(12)8-9-20(11,13)2/h3,7,11-14,16-18,22-23H,1,4-6,8-10H2,2H3/t11?,12?,13?,14?,16-,17+,18-,20+,21-/m0/s1. The molecule has 25 heavy (non-hydrogen) atoms. The number of hydrogen-bond acceptors (Lipinski definition) is 4. The Kier molecular flexibility index (Phi) is 3.20. The maximum Gasteiger partial charge on any atom is 0.317 e. The minimum atomic E-state index is -0.979. The van der Waals surface area contributed by atoms with E-state index in [-0.39, 0.29) is 11.9 Å². The minimum Gasteiger partial charge on any atom is -0.459 e. The van der Waals surface area contributed by atoms with Crippen LogP contribution in [0.4, 0.5) is 0 Å². The lowest BCUT2D eigenvalue weighted by molar-refractivity contribution is -0.153. The second-order valence-corrected chi connectivity index (χ2v) is 9.29. The van der Waals surface area contributed by atoms with E-state index in [4.69, 9.17) is 4.74 Å². The summed E-state index contributed by atoms with van der Waals surface area (Å²) in [6, 6.07) is 0. The highest BCUT2D eigenvalue weighted by atomic mass is 16.6. The second kappa shape index (κ2) is 4.98. The molecule has 4 aliphatic carbocycles. The van der Waals surface area contributed by atoms with Crippen molar-refractivity contribution in [3.8, 4) is 0 Å². The largest absolute Gasteiger partial charge is 0.459 e. The van der Waals surface area contributed by atoms with Crippen molar-refractivity contribution in [3.05, 3.63) is 24.3 Å². The minimum absolute atomic E-state index is 0.198. The molecule has 1 saturated heterocycles. The number of carbonyl (C=O) groups is 1. The predicted octanol–water partition coefficient (Wildman–Crippen LogP) is 2.60. The number of ether oxygens (including phenoxy) is 1. The molecule has 4 nitrogen and oxygen atoms in total. The van der Waals surface area contributed by atoms with Crippen molar-refractivity contribution < 1.29 is 19.7 Å². The first-order chi connectivity index (χ1) is 11.9. The first kappa shape index (κ1) is 16.1. The van der Waals surface area contributed by atoms with Gasteiger partial charge in [-0.3, -0.25) is 4.79 Å². The maximum atomic E-state index is 12.9. The van der Waals surface area contributed by atoms with Gasteiger partial charge in [0.25, 0.3) is 0 Å². The van der Waals surface area contributed by atoms with Gasteiger partial charge in [0.05, 0.1) is 5.41 Å². The van der Waals surface area contributed by atoms with E-state index in [1.165, 1.54) is 12.8 Å². The van der Waals surface area contributed by atoms with Crippen LogP contribution in [0.5, 0.6) is 0 Å². The lowest BCUT2D eigenvalue weighted by Crippen LogP contribution is -2.56. The van der Waals surface area contributed by atoms with Crippen LogP contribution < -0.4 is 0 Å². The number of carbonyl (C=O) groups excluding carboxylic acids is 1. The lowest BCUT2D eigenvalue weighted by Gasteiger charge is -2.56. The van der Waals surface area contributed by atoms with Gasteiger partial charge in [-0.2, -0.15) is 0 Å². The SMILES string of the molecule is C=CC1CCC2C3CC=C4[C@@H](O)[C@@H](O)[C@@H]5C[C@]4(C(=O)O5)C3CC[C@]12C. The highest BCUT2D eigenvalue weighted by Gasteiger charge is 2.68. The quantitative estimate of drug-likeness (QED) is 0.567. The average Bonchev–Trinajstić information content (AvgIpc) is 3.09. The van der Waals surface area contributed by atoms with Gasteiger partial charge < -0.3 is 14.9 Å². The van der Waals surface area contributed by atoms with Crippen LogP contribution in [-0.2, 0) is 9.53 Å². The number of esters is 1. The zero-order valence-corrected chi connectivity index (χ0v) is 14.9. The summed E-state index contributed by atoms with van der Waals surface area (Å²) in [5.41, 5.74) is 0.362. The molecular weight excluding hydrogens is 316 g/mol. The topological polar surface area (TPSA) is 66.8 Å². The highest BCUT2D eigenvalue weighted by molar-refractivity contribution is 5.85. The fourth-order valence-electron chi connectivity index (χ4n) is 7.50. The van der Waals surface area contributed by atoms with Crippen molar-refractivity contribution in [2.24, 2.45) is 34.5 Å². The molecule has 0 amide bonds. The zero-order chi connectivity index (χ0) is 17.6. The summed E-state index contributed by atoms with van der Waals surface area (Å²) in [4.78, 5) is 12.9. The van der Waals surface area contributed by atoms with Crippen molar-refractivity contribution in [2.75, 3.05) is 0 Å². The van der Waals surface area contributed by atoms with Crippen molar-refractivity contribution in [1.82, 2.24) is 0 Å². The zero-order valence-electron chi connectivity index (χ0n) is 14.9. The average molecular weight is 344 g/mol. The van der Waals surface area contributed by atoms with Crippen LogP contribution in [0, 0.1) is 34.5 Å². The monoisotopic (exact) mass is 344 g/mol. The normalized spacial score (nSPS) is 56.4. The molecule has 2 bridgehead atoms. The Labute approximate surface area is 148 Å². The number of fused-ring (bicyclic) bond motifs is 4.